The molecule has 0 unspecified atom stereocenters. The maximum atomic E-state index is 5.52. The highest BCUT2D eigenvalue weighted by molar-refractivity contribution is 5.19. The highest BCUT2D eigenvalue weighted by Crippen LogP contribution is 2.16. The molecule has 1 aromatic rings. The second-order valence-corrected chi connectivity index (χ2v) is 3.49. The van der Waals surface area contributed by atoms with Crippen LogP contribution in [0.4, 0.5) is 0 Å². The highest BCUT2D eigenvalue weighted by atomic mass is 16.6. The average Bonchev–Trinajstić information content (AvgIpc) is 2.44. The van der Waals surface area contributed by atoms with Gasteiger partial charge in [-0.25, -0.2) is 0 Å². The first-order valence-corrected chi connectivity index (χ1v) is 4.77. The second-order valence-electron chi connectivity index (χ2n) is 3.49. The summed E-state index contributed by atoms with van der Waals surface area (Å²) in [4.78, 5) is 0. The molecule has 2 N–H and O–H groups in total. The van der Waals surface area contributed by atoms with Crippen molar-refractivity contribution in [2.75, 3.05) is 13.2 Å². The van der Waals surface area contributed by atoms with Crippen molar-refractivity contribution in [2.45, 2.75) is 26.2 Å². The molecule has 4 heteroatoms. The molecule has 0 aromatic carbocycles. The minimum atomic E-state index is 0.238. The molecule has 1 aliphatic heterocycles. The van der Waals surface area contributed by atoms with Crippen molar-refractivity contribution in [3.63, 3.8) is 0 Å². The van der Waals surface area contributed by atoms with Gasteiger partial charge in [-0.3, -0.25) is 0 Å². The lowest BCUT2D eigenvalue weighted by molar-refractivity contribution is -0.137. The zero-order valence-electron chi connectivity index (χ0n) is 8.29. The minimum absolute atomic E-state index is 0.238. The van der Waals surface area contributed by atoms with Crippen molar-refractivity contribution in [3.8, 4) is 0 Å². The maximum absolute atomic E-state index is 5.52. The molecule has 0 amide bonds. The fraction of sp³-hybridized carbons (Fsp3) is 0.600. The second kappa shape index (κ2) is 4.13. The fourth-order valence-electron chi connectivity index (χ4n) is 1.37. The Hall–Kier alpha value is -0.840. The number of nitrogens with two attached hydrogens (primary N) is 1. The van der Waals surface area contributed by atoms with Crippen molar-refractivity contribution < 1.29 is 13.9 Å². The molecule has 0 atom stereocenters. The topological polar surface area (TPSA) is 57.6 Å². The molecule has 0 aliphatic carbocycles. The largest absolute Gasteiger partial charge is 0.462 e. The molecule has 0 spiro atoms. The van der Waals surface area contributed by atoms with E-state index in [1.54, 1.807) is 0 Å². The summed E-state index contributed by atoms with van der Waals surface area (Å²) >= 11 is 0. The summed E-state index contributed by atoms with van der Waals surface area (Å²) in [6.07, 6.45) is 0.238. The first kappa shape index (κ1) is 9.71. The fourth-order valence-corrected chi connectivity index (χ4v) is 1.37. The maximum Gasteiger partial charge on any atom is 0.130 e. The Bertz CT molecular complexity index is 304. The number of ether oxygens (including phenoxy) is 2. The summed E-state index contributed by atoms with van der Waals surface area (Å²) in [7, 11) is 0. The van der Waals surface area contributed by atoms with Gasteiger partial charge in [0.1, 0.15) is 24.2 Å². The van der Waals surface area contributed by atoms with Crippen LogP contribution in [0.5, 0.6) is 0 Å². The Balaban J connectivity index is 1.88. The van der Waals surface area contributed by atoms with E-state index in [0.717, 1.165) is 17.1 Å². The van der Waals surface area contributed by atoms with E-state index in [9.17, 15) is 0 Å². The third kappa shape index (κ3) is 1.97. The third-order valence-corrected chi connectivity index (χ3v) is 2.33. The van der Waals surface area contributed by atoms with Crippen LogP contribution in [-0.2, 0) is 22.6 Å². The van der Waals surface area contributed by atoms with E-state index < -0.39 is 0 Å². The molecule has 1 fully saturated rings. The van der Waals surface area contributed by atoms with Crippen LogP contribution in [0.25, 0.3) is 0 Å². The summed E-state index contributed by atoms with van der Waals surface area (Å²) in [6, 6.07) is 1.97. The molecule has 1 aromatic heterocycles. The molecule has 4 nitrogen and oxygen atoms in total. The molecular formula is C10H15NO3. The van der Waals surface area contributed by atoms with Gasteiger partial charge in [-0.2, -0.15) is 0 Å². The van der Waals surface area contributed by atoms with Gasteiger partial charge >= 0.3 is 0 Å². The van der Waals surface area contributed by atoms with Crippen LogP contribution in [0, 0.1) is 6.92 Å². The quantitative estimate of drug-likeness (QED) is 0.781. The number of aryl methyl sites for hydroxylation is 1. The Labute approximate surface area is 83.0 Å². The summed E-state index contributed by atoms with van der Waals surface area (Å²) < 4.78 is 16.0. The summed E-state index contributed by atoms with van der Waals surface area (Å²) in [5.41, 5.74) is 6.60. The molecule has 78 valence electrons. The monoisotopic (exact) mass is 197 g/mol. The van der Waals surface area contributed by atoms with E-state index in [0.29, 0.717) is 26.4 Å². The molecule has 0 radical (unpaired) electrons. The van der Waals surface area contributed by atoms with Crippen molar-refractivity contribution in [2.24, 2.45) is 5.73 Å². The van der Waals surface area contributed by atoms with E-state index in [1.165, 1.54) is 0 Å². The molecule has 2 rings (SSSR count). The smallest absolute Gasteiger partial charge is 0.130 e. The predicted octanol–water partition coefficient (Wildman–Crippen LogP) is 0.962. The van der Waals surface area contributed by atoms with Gasteiger partial charge in [-0.1, -0.05) is 0 Å². The van der Waals surface area contributed by atoms with Crippen molar-refractivity contribution in [1.29, 1.82) is 0 Å². The van der Waals surface area contributed by atoms with Crippen LogP contribution in [0.1, 0.15) is 17.1 Å². The first-order valence-electron chi connectivity index (χ1n) is 4.77. The number of hydrogen-bond donors (Lipinski definition) is 1. The first-order chi connectivity index (χ1) is 6.79. The van der Waals surface area contributed by atoms with Gasteiger partial charge in [-0.15, -0.1) is 0 Å². The van der Waals surface area contributed by atoms with E-state index in [-0.39, 0.29) is 6.10 Å². The summed E-state index contributed by atoms with van der Waals surface area (Å²) in [5.74, 6) is 1.68. The molecular weight excluding hydrogens is 182 g/mol. The number of rotatable bonds is 4. The minimum Gasteiger partial charge on any atom is -0.462 e. The van der Waals surface area contributed by atoms with Crippen molar-refractivity contribution in [1.82, 2.24) is 0 Å². The number of hydrogen-bond acceptors (Lipinski definition) is 4. The molecule has 2 heterocycles. The van der Waals surface area contributed by atoms with Gasteiger partial charge in [-0.05, 0) is 18.6 Å². The average molecular weight is 197 g/mol. The van der Waals surface area contributed by atoms with Crippen LogP contribution in [-0.4, -0.2) is 19.3 Å². The van der Waals surface area contributed by atoms with Gasteiger partial charge in [0.2, 0.25) is 0 Å². The normalized spacial score (nSPS) is 17.0. The van der Waals surface area contributed by atoms with Crippen LogP contribution in [0.15, 0.2) is 10.5 Å². The zero-order valence-corrected chi connectivity index (χ0v) is 8.29. The predicted molar refractivity (Wildman–Crippen MR) is 50.7 cm³/mol. The van der Waals surface area contributed by atoms with E-state index in [1.807, 2.05) is 13.0 Å². The van der Waals surface area contributed by atoms with Gasteiger partial charge < -0.3 is 19.6 Å². The molecule has 14 heavy (non-hydrogen) atoms. The summed E-state index contributed by atoms with van der Waals surface area (Å²) in [6.45, 7) is 4.34. The van der Waals surface area contributed by atoms with Crippen LogP contribution >= 0.6 is 0 Å². The summed E-state index contributed by atoms with van der Waals surface area (Å²) in [5, 5.41) is 0. The molecule has 1 aliphatic rings. The molecule has 0 saturated carbocycles. The standard InChI is InChI=1S/C10H15NO3/c1-7-2-8(14-10(7)3-11)6-13-9-4-12-5-9/h2,9H,3-6,11H2,1H3. The van der Waals surface area contributed by atoms with Gasteiger partial charge in [0.15, 0.2) is 0 Å². The van der Waals surface area contributed by atoms with Gasteiger partial charge in [0.25, 0.3) is 0 Å². The van der Waals surface area contributed by atoms with E-state index >= 15 is 0 Å². The van der Waals surface area contributed by atoms with E-state index in [4.69, 9.17) is 19.6 Å². The van der Waals surface area contributed by atoms with Crippen LogP contribution < -0.4 is 5.73 Å². The van der Waals surface area contributed by atoms with Crippen LogP contribution in [0.3, 0.4) is 0 Å². The Kier molecular flexibility index (Phi) is 2.86. The lowest BCUT2D eigenvalue weighted by Gasteiger charge is -2.25. The Morgan fingerprint density at radius 3 is 2.86 bits per heavy atom. The highest BCUT2D eigenvalue weighted by Gasteiger charge is 2.19. The van der Waals surface area contributed by atoms with Crippen LogP contribution in [0.2, 0.25) is 0 Å². The third-order valence-electron chi connectivity index (χ3n) is 2.33. The van der Waals surface area contributed by atoms with E-state index in [2.05, 4.69) is 0 Å². The van der Waals surface area contributed by atoms with Crippen molar-refractivity contribution >= 4 is 0 Å². The molecule has 0 bridgehead atoms. The van der Waals surface area contributed by atoms with Crippen molar-refractivity contribution in [3.05, 3.63) is 23.2 Å². The number of furan rings is 1. The Morgan fingerprint density at radius 2 is 2.36 bits per heavy atom. The lowest BCUT2D eigenvalue weighted by Crippen LogP contribution is -2.35. The zero-order chi connectivity index (χ0) is 9.97. The van der Waals surface area contributed by atoms with Gasteiger partial charge in [0.05, 0.1) is 19.8 Å². The molecule has 1 saturated heterocycles. The SMILES string of the molecule is Cc1cc(COC2COC2)oc1CN. The van der Waals surface area contributed by atoms with Gasteiger partial charge in [0, 0.05) is 0 Å². The lowest BCUT2D eigenvalue weighted by atomic mass is 10.2. The Morgan fingerprint density at radius 1 is 1.57 bits per heavy atom.